The molecule has 36 heavy (non-hydrogen) atoms. The van der Waals surface area contributed by atoms with Crippen molar-refractivity contribution in [1.29, 1.82) is 0 Å². The molecule has 0 atom stereocenters. The van der Waals surface area contributed by atoms with Crippen LogP contribution in [0.15, 0.2) is 41.6 Å². The quantitative estimate of drug-likeness (QED) is 0.365. The van der Waals surface area contributed by atoms with Crippen LogP contribution in [0.25, 0.3) is 11.3 Å². The molecule has 12 nitrogen and oxygen atoms in total. The summed E-state index contributed by atoms with van der Waals surface area (Å²) in [5.41, 5.74) is 8.82. The van der Waals surface area contributed by atoms with Crippen molar-refractivity contribution in [2.75, 3.05) is 61.5 Å². The first-order valence-electron chi connectivity index (χ1n) is 11.8. The van der Waals surface area contributed by atoms with Gasteiger partial charge in [-0.05, 0) is 31.0 Å². The highest BCUT2D eigenvalue weighted by Gasteiger charge is 2.30. The number of nitrogens with two attached hydrogens (primary N) is 1. The van der Waals surface area contributed by atoms with Gasteiger partial charge in [-0.25, -0.2) is 28.1 Å². The number of benzene rings is 1. The van der Waals surface area contributed by atoms with Crippen LogP contribution < -0.4 is 20.3 Å². The third kappa shape index (κ3) is 4.95. The van der Waals surface area contributed by atoms with E-state index in [9.17, 15) is 8.42 Å². The zero-order valence-electron chi connectivity index (χ0n) is 19.7. The fourth-order valence-electron chi connectivity index (χ4n) is 4.29. The molecule has 2 aromatic heterocycles. The molecule has 2 aliphatic heterocycles. The molecule has 0 amide bonds. The first kappa shape index (κ1) is 24.3. The lowest BCUT2D eigenvalue weighted by Crippen LogP contribution is -2.37. The molecule has 0 unspecified atom stereocenters. The lowest BCUT2D eigenvalue weighted by Gasteiger charge is -2.28. The van der Waals surface area contributed by atoms with Gasteiger partial charge in [-0.1, -0.05) is 6.07 Å². The third-order valence-electron chi connectivity index (χ3n) is 6.12. The minimum Gasteiger partial charge on any atom is -0.396 e. The van der Waals surface area contributed by atoms with Crippen LogP contribution in [0.3, 0.4) is 0 Å². The third-order valence-corrected chi connectivity index (χ3v) is 7.58. The van der Waals surface area contributed by atoms with Gasteiger partial charge in [0.25, 0.3) is 0 Å². The molecular formula is C23H28N8O4S. The minimum atomic E-state index is -3.71. The number of ether oxygens (including phenoxy) is 1. The van der Waals surface area contributed by atoms with Gasteiger partial charge in [-0.3, -0.25) is 0 Å². The van der Waals surface area contributed by atoms with Gasteiger partial charge in [0.05, 0.1) is 23.8 Å². The molecule has 1 aromatic carbocycles. The number of hydrogen-bond acceptors (Lipinski definition) is 11. The van der Waals surface area contributed by atoms with Crippen LogP contribution in [-0.4, -0.2) is 79.5 Å². The molecule has 13 heteroatoms. The lowest BCUT2D eigenvalue weighted by atomic mass is 10.1. The number of rotatable bonds is 8. The lowest BCUT2D eigenvalue weighted by molar-refractivity contribution is 0.122. The predicted octanol–water partition coefficient (Wildman–Crippen LogP) is 0.707. The van der Waals surface area contributed by atoms with Crippen LogP contribution in [0.5, 0.6) is 0 Å². The number of fused-ring (bicyclic) bond motifs is 1. The van der Waals surface area contributed by atoms with E-state index in [-0.39, 0.29) is 24.0 Å². The Bertz CT molecular complexity index is 1330. The molecule has 4 heterocycles. The summed E-state index contributed by atoms with van der Waals surface area (Å²) < 4.78 is 33.6. The first-order valence-corrected chi connectivity index (χ1v) is 13.2. The highest BCUT2D eigenvalue weighted by molar-refractivity contribution is 7.89. The van der Waals surface area contributed by atoms with Crippen molar-refractivity contribution in [2.45, 2.75) is 17.7 Å². The molecule has 0 aliphatic carbocycles. The van der Waals surface area contributed by atoms with E-state index in [1.54, 1.807) is 30.6 Å². The smallest absolute Gasteiger partial charge is 0.240 e. The van der Waals surface area contributed by atoms with E-state index in [1.165, 1.54) is 0 Å². The maximum atomic E-state index is 12.8. The largest absolute Gasteiger partial charge is 0.396 e. The molecule has 1 fully saturated rings. The topological polar surface area (TPSA) is 160 Å². The van der Waals surface area contributed by atoms with Crippen LogP contribution in [0.2, 0.25) is 0 Å². The van der Waals surface area contributed by atoms with Gasteiger partial charge in [0.15, 0.2) is 0 Å². The number of anilines is 4. The summed E-state index contributed by atoms with van der Waals surface area (Å²) >= 11 is 0. The normalized spacial score (nSPS) is 15.8. The van der Waals surface area contributed by atoms with E-state index in [2.05, 4.69) is 19.6 Å². The number of morpholine rings is 1. The van der Waals surface area contributed by atoms with Gasteiger partial charge in [0.1, 0.15) is 5.82 Å². The zero-order valence-corrected chi connectivity index (χ0v) is 20.5. The maximum Gasteiger partial charge on any atom is 0.240 e. The molecule has 2 aliphatic rings. The SMILES string of the molecule is Nc1ncc(-c2nc(N3CCOCC3)nc3c2CCN3c2cccc(S(=O)(=O)NCCCO)c2)cn1. The molecule has 5 rings (SSSR count). The average molecular weight is 513 g/mol. The Hall–Kier alpha value is -3.39. The van der Waals surface area contributed by atoms with Crippen LogP contribution in [0.4, 0.5) is 23.4 Å². The highest BCUT2D eigenvalue weighted by Crippen LogP contribution is 2.39. The van der Waals surface area contributed by atoms with Crippen molar-refractivity contribution in [1.82, 2.24) is 24.7 Å². The Balaban J connectivity index is 1.55. The van der Waals surface area contributed by atoms with E-state index >= 15 is 0 Å². The summed E-state index contributed by atoms with van der Waals surface area (Å²) in [6, 6.07) is 6.77. The number of hydrogen-bond donors (Lipinski definition) is 3. The predicted molar refractivity (Wildman–Crippen MR) is 135 cm³/mol. The standard InChI is InChI=1S/C23H28N8O4S/c24-22-25-14-16(15-26-22)20-19-5-7-31(21(19)29-23(28-20)30-8-11-35-12-9-30)17-3-1-4-18(13-17)36(33,34)27-6-2-10-32/h1,3-4,13-15,27,32H,2,5-12H2,(H2,24,25,26). The van der Waals surface area contributed by atoms with Crippen molar-refractivity contribution >= 4 is 33.4 Å². The second kappa shape index (κ2) is 10.3. The van der Waals surface area contributed by atoms with Gasteiger partial charge in [0, 0.05) is 62.0 Å². The minimum absolute atomic E-state index is 0.0836. The Morgan fingerprint density at radius 2 is 1.89 bits per heavy atom. The van der Waals surface area contributed by atoms with E-state index in [0.717, 1.165) is 22.6 Å². The summed E-state index contributed by atoms with van der Waals surface area (Å²) in [5.74, 6) is 1.48. The average Bonchev–Trinajstić information content (AvgIpc) is 3.33. The van der Waals surface area contributed by atoms with Gasteiger partial charge < -0.3 is 25.4 Å². The molecule has 1 saturated heterocycles. The van der Waals surface area contributed by atoms with Gasteiger partial charge in [0.2, 0.25) is 21.9 Å². The summed E-state index contributed by atoms with van der Waals surface area (Å²) in [6.45, 7) is 3.22. The van der Waals surface area contributed by atoms with Crippen molar-refractivity contribution < 1.29 is 18.3 Å². The van der Waals surface area contributed by atoms with E-state index in [1.807, 2.05) is 11.0 Å². The zero-order chi connectivity index (χ0) is 25.1. The second-order valence-electron chi connectivity index (χ2n) is 8.48. The van der Waals surface area contributed by atoms with Crippen LogP contribution in [0.1, 0.15) is 12.0 Å². The number of aliphatic hydroxyl groups is 1. The van der Waals surface area contributed by atoms with Crippen molar-refractivity contribution in [3.63, 3.8) is 0 Å². The summed E-state index contributed by atoms with van der Waals surface area (Å²) in [7, 11) is -3.71. The molecule has 0 spiro atoms. The van der Waals surface area contributed by atoms with Crippen LogP contribution in [-0.2, 0) is 21.2 Å². The number of aromatic nitrogens is 4. The van der Waals surface area contributed by atoms with Crippen LogP contribution in [0, 0.1) is 0 Å². The Morgan fingerprint density at radius 1 is 1.11 bits per heavy atom. The fraction of sp³-hybridized carbons (Fsp3) is 0.391. The molecular weight excluding hydrogens is 484 g/mol. The molecule has 4 N–H and O–H groups in total. The van der Waals surface area contributed by atoms with Gasteiger partial charge >= 0.3 is 0 Å². The van der Waals surface area contributed by atoms with Crippen LogP contribution >= 0.6 is 0 Å². The highest BCUT2D eigenvalue weighted by atomic mass is 32.2. The van der Waals surface area contributed by atoms with E-state index in [4.69, 9.17) is 25.5 Å². The second-order valence-corrected chi connectivity index (χ2v) is 10.2. The number of nitrogens with one attached hydrogen (secondary N) is 1. The molecule has 0 bridgehead atoms. The number of aliphatic hydroxyl groups excluding tert-OH is 1. The van der Waals surface area contributed by atoms with Gasteiger partial charge in [-0.2, -0.15) is 4.98 Å². The monoisotopic (exact) mass is 512 g/mol. The number of sulfonamides is 1. The molecule has 0 saturated carbocycles. The molecule has 3 aromatic rings. The summed E-state index contributed by atoms with van der Waals surface area (Å²) in [4.78, 5) is 22.3. The summed E-state index contributed by atoms with van der Waals surface area (Å²) in [5, 5.41) is 8.97. The Kier molecular flexibility index (Phi) is 6.96. The number of nitrogen functional groups attached to an aromatic ring is 1. The molecule has 0 radical (unpaired) electrons. The molecule has 190 valence electrons. The Labute approximate surface area is 209 Å². The van der Waals surface area contributed by atoms with E-state index in [0.29, 0.717) is 57.3 Å². The summed E-state index contributed by atoms with van der Waals surface area (Å²) in [6.07, 6.45) is 4.32. The van der Waals surface area contributed by atoms with Gasteiger partial charge in [-0.15, -0.1) is 0 Å². The van der Waals surface area contributed by atoms with Crippen molar-refractivity contribution in [3.8, 4) is 11.3 Å². The first-order chi connectivity index (χ1) is 17.5. The van der Waals surface area contributed by atoms with E-state index < -0.39 is 10.0 Å². The Morgan fingerprint density at radius 3 is 2.64 bits per heavy atom. The van der Waals surface area contributed by atoms with Crippen molar-refractivity contribution in [3.05, 3.63) is 42.2 Å². The number of nitrogens with zero attached hydrogens (tertiary/aromatic N) is 6. The maximum absolute atomic E-state index is 12.8. The van der Waals surface area contributed by atoms with Crippen molar-refractivity contribution in [2.24, 2.45) is 0 Å². The fourth-order valence-corrected chi connectivity index (χ4v) is 5.40.